The van der Waals surface area contributed by atoms with Crippen molar-refractivity contribution in [3.05, 3.63) is 153 Å². The van der Waals surface area contributed by atoms with Crippen LogP contribution in [0, 0.1) is 23.7 Å². The summed E-state index contributed by atoms with van der Waals surface area (Å²) in [5.74, 6) is 0.435. The first kappa shape index (κ1) is 55.5. The average Bonchev–Trinajstić information content (AvgIpc) is 4.23. The van der Waals surface area contributed by atoms with Gasteiger partial charge < -0.3 is 14.6 Å². The van der Waals surface area contributed by atoms with Crippen LogP contribution in [-0.2, 0) is 76.0 Å². The number of carbonyl (C=O) groups excluding carboxylic acids is 3. The molecule has 0 aromatic heterocycles. The molecular formula is C69H88O7. The van der Waals surface area contributed by atoms with E-state index < -0.39 is 5.97 Å². The number of ether oxygens (including phenoxy) is 2. The SMILES string of the molecule is CC(C(=O)O)C1CCC2(CCc3ccccc32)CC1.CCOC(=O)C(C)=C1CCC2(CC1)CCc1ccccc12.CCOC(=O)C(C)C1CCC2(CCc3ccccc32)CC1.O=C1CCC2(CC1)CCc1ccccc12. The van der Waals surface area contributed by atoms with Crippen molar-refractivity contribution in [2.75, 3.05) is 13.2 Å². The molecule has 0 bridgehead atoms. The monoisotopic (exact) mass is 1030 g/mol. The van der Waals surface area contributed by atoms with Gasteiger partial charge in [0, 0.05) is 18.4 Å². The zero-order chi connectivity index (χ0) is 53.5. The summed E-state index contributed by atoms with van der Waals surface area (Å²) >= 11 is 0. The third kappa shape index (κ3) is 11.6. The van der Waals surface area contributed by atoms with Crippen LogP contribution in [0.4, 0.5) is 0 Å². The third-order valence-electron chi connectivity index (χ3n) is 21.0. The maximum absolute atomic E-state index is 11.9. The molecule has 4 fully saturated rings. The average molecular weight is 1030 g/mol. The van der Waals surface area contributed by atoms with Crippen LogP contribution in [-0.4, -0.2) is 42.0 Å². The standard InChI is InChI=1S/C19H26O2.C19H24O2.C17H22O2.C14H16O/c2*1-3-21-18(20)14(2)15-8-11-19(12-9-15)13-10-16-6-4-5-7-17(16)19;1-12(16(18)19)13-6-9-17(10-7-13)11-8-14-4-2-3-5-15(14)17;15-12-6-9-14(10-7-12)8-5-11-3-1-2-4-13(11)14/h4-7,14-15H,3,8-13H2,1-2H3;4-7H,3,8-13H2,1-2H3;2-5,12-13H,6-11H2,1H3,(H,18,19);1-4H,5-10H2. The fourth-order valence-electron chi connectivity index (χ4n) is 16.0. The fourth-order valence-corrected chi connectivity index (χ4v) is 16.0. The van der Waals surface area contributed by atoms with E-state index in [0.717, 1.165) is 69.8 Å². The molecule has 4 aromatic carbocycles. The molecule has 4 aromatic rings. The Morgan fingerprint density at radius 3 is 1.14 bits per heavy atom. The van der Waals surface area contributed by atoms with E-state index in [1.54, 1.807) is 22.3 Å². The van der Waals surface area contributed by atoms with Gasteiger partial charge in [-0.25, -0.2) is 4.79 Å². The molecule has 12 rings (SSSR count). The molecule has 76 heavy (non-hydrogen) atoms. The molecule has 7 nitrogen and oxygen atoms in total. The molecule has 8 aliphatic rings. The number of Topliss-reactive ketones (excluding diaryl/α,β-unsaturated/α-hetero) is 1. The van der Waals surface area contributed by atoms with Gasteiger partial charge in [0.05, 0.1) is 25.0 Å². The number of hydrogen-bond acceptors (Lipinski definition) is 6. The predicted molar refractivity (Wildman–Crippen MR) is 304 cm³/mol. The molecule has 0 amide bonds. The van der Waals surface area contributed by atoms with Crippen molar-refractivity contribution >= 4 is 23.7 Å². The minimum absolute atomic E-state index is 0.00901. The van der Waals surface area contributed by atoms with Gasteiger partial charge in [-0.15, -0.1) is 0 Å². The number of carboxylic acids is 1. The Bertz CT molecular complexity index is 2710. The first-order valence-electron chi connectivity index (χ1n) is 29.9. The molecule has 4 spiro atoms. The maximum atomic E-state index is 11.9. The lowest BCUT2D eigenvalue weighted by atomic mass is 9.65. The quantitative estimate of drug-likeness (QED) is 0.145. The van der Waals surface area contributed by atoms with E-state index in [4.69, 9.17) is 14.6 Å². The molecule has 1 N–H and O–H groups in total. The number of ketones is 1. The number of benzene rings is 4. The number of allylic oxidation sites excluding steroid dienone is 1. The van der Waals surface area contributed by atoms with E-state index in [0.29, 0.717) is 52.5 Å². The summed E-state index contributed by atoms with van der Waals surface area (Å²) in [7, 11) is 0. The predicted octanol–water partition coefficient (Wildman–Crippen LogP) is 15.4. The van der Waals surface area contributed by atoms with Crippen LogP contribution in [0.25, 0.3) is 0 Å². The Labute approximate surface area is 455 Å². The van der Waals surface area contributed by atoms with E-state index in [1.807, 2.05) is 34.6 Å². The summed E-state index contributed by atoms with van der Waals surface area (Å²) in [5.41, 5.74) is 16.0. The molecule has 0 radical (unpaired) electrons. The van der Waals surface area contributed by atoms with Crippen molar-refractivity contribution in [2.24, 2.45) is 23.7 Å². The molecule has 2 atom stereocenters. The molecule has 7 heteroatoms. The lowest BCUT2D eigenvalue weighted by Crippen LogP contribution is -2.34. The van der Waals surface area contributed by atoms with Crippen LogP contribution in [0.2, 0.25) is 0 Å². The number of esters is 2. The summed E-state index contributed by atoms with van der Waals surface area (Å²) in [6, 6.07) is 35.5. The summed E-state index contributed by atoms with van der Waals surface area (Å²) in [4.78, 5) is 46.2. The van der Waals surface area contributed by atoms with Crippen molar-refractivity contribution in [1.29, 1.82) is 0 Å². The zero-order valence-corrected chi connectivity index (χ0v) is 46.8. The van der Waals surface area contributed by atoms with Gasteiger partial charge in [-0.05, 0) is 240 Å². The molecule has 406 valence electrons. The van der Waals surface area contributed by atoms with Crippen molar-refractivity contribution in [3.63, 3.8) is 0 Å². The minimum Gasteiger partial charge on any atom is -0.481 e. The lowest BCUT2D eigenvalue weighted by Gasteiger charge is -2.39. The highest BCUT2D eigenvalue weighted by Gasteiger charge is 2.46. The lowest BCUT2D eigenvalue weighted by molar-refractivity contribution is -0.150. The topological polar surface area (TPSA) is 107 Å². The number of carboxylic acid groups (broad SMARTS) is 1. The number of aliphatic carboxylic acids is 1. The number of aryl methyl sites for hydroxylation is 4. The van der Waals surface area contributed by atoms with Crippen molar-refractivity contribution in [1.82, 2.24) is 0 Å². The van der Waals surface area contributed by atoms with Crippen LogP contribution >= 0.6 is 0 Å². The minimum atomic E-state index is -0.632. The summed E-state index contributed by atoms with van der Waals surface area (Å²) in [6.45, 7) is 10.5. The molecular weight excluding hydrogens is 941 g/mol. The first-order chi connectivity index (χ1) is 36.7. The second-order valence-electron chi connectivity index (χ2n) is 24.6. The number of fused-ring (bicyclic) bond motifs is 8. The highest BCUT2D eigenvalue weighted by Crippen LogP contribution is 2.54. The van der Waals surface area contributed by atoms with Gasteiger partial charge in [0.2, 0.25) is 0 Å². The summed E-state index contributed by atoms with van der Waals surface area (Å²) in [5, 5.41) is 9.15. The van der Waals surface area contributed by atoms with Gasteiger partial charge in [0.15, 0.2) is 0 Å². The Morgan fingerprint density at radius 2 is 0.789 bits per heavy atom. The second-order valence-corrected chi connectivity index (χ2v) is 24.6. The highest BCUT2D eigenvalue weighted by molar-refractivity contribution is 5.88. The molecule has 2 unspecified atom stereocenters. The number of hydrogen-bond donors (Lipinski definition) is 1. The van der Waals surface area contributed by atoms with Crippen molar-refractivity contribution in [2.45, 2.75) is 210 Å². The van der Waals surface area contributed by atoms with Crippen molar-refractivity contribution in [3.8, 4) is 0 Å². The van der Waals surface area contributed by atoms with Gasteiger partial charge >= 0.3 is 17.9 Å². The Balaban J connectivity index is 0.000000125. The second kappa shape index (κ2) is 24.2. The Kier molecular flexibility index (Phi) is 17.6. The van der Waals surface area contributed by atoms with Gasteiger partial charge in [-0.1, -0.05) is 116 Å². The van der Waals surface area contributed by atoms with Gasteiger partial charge in [-0.3, -0.25) is 14.4 Å². The van der Waals surface area contributed by atoms with Crippen LogP contribution in [0.3, 0.4) is 0 Å². The van der Waals surface area contributed by atoms with Gasteiger partial charge in [0.1, 0.15) is 5.78 Å². The van der Waals surface area contributed by atoms with Crippen LogP contribution in [0.5, 0.6) is 0 Å². The zero-order valence-electron chi connectivity index (χ0n) is 46.8. The largest absolute Gasteiger partial charge is 0.481 e. The normalized spacial score (nSPS) is 27.0. The Hall–Kier alpha value is -5.30. The highest BCUT2D eigenvalue weighted by atomic mass is 16.5. The van der Waals surface area contributed by atoms with Crippen LogP contribution in [0.15, 0.2) is 108 Å². The van der Waals surface area contributed by atoms with Gasteiger partial charge in [0.25, 0.3) is 0 Å². The Morgan fingerprint density at radius 1 is 0.474 bits per heavy atom. The molecule has 0 heterocycles. The fraction of sp³-hybridized carbons (Fsp3) is 0.565. The van der Waals surface area contributed by atoms with E-state index >= 15 is 0 Å². The smallest absolute Gasteiger partial charge is 0.333 e. The summed E-state index contributed by atoms with van der Waals surface area (Å²) in [6.07, 6.45) is 27.4. The summed E-state index contributed by atoms with van der Waals surface area (Å²) < 4.78 is 10.3. The third-order valence-corrected chi connectivity index (χ3v) is 21.0. The molecule has 0 aliphatic heterocycles. The number of rotatable bonds is 7. The maximum Gasteiger partial charge on any atom is 0.333 e. The number of carbonyl (C=O) groups is 4. The molecule has 4 saturated carbocycles. The molecule has 8 aliphatic carbocycles. The van der Waals surface area contributed by atoms with E-state index in [2.05, 4.69) is 97.1 Å². The van der Waals surface area contributed by atoms with Crippen molar-refractivity contribution < 1.29 is 33.8 Å². The van der Waals surface area contributed by atoms with Gasteiger partial charge in [-0.2, -0.15) is 0 Å². The van der Waals surface area contributed by atoms with E-state index in [1.165, 1.54) is 118 Å². The van der Waals surface area contributed by atoms with Crippen LogP contribution < -0.4 is 0 Å². The van der Waals surface area contributed by atoms with E-state index in [-0.39, 0.29) is 23.8 Å². The van der Waals surface area contributed by atoms with Crippen LogP contribution in [0.1, 0.15) is 208 Å². The van der Waals surface area contributed by atoms with E-state index in [9.17, 15) is 19.2 Å². The first-order valence-corrected chi connectivity index (χ1v) is 29.9. The molecule has 0 saturated heterocycles.